The van der Waals surface area contributed by atoms with E-state index in [1.807, 2.05) is 19.9 Å². The number of carbonyl (C=O) groups excluding carboxylic acids is 1. The minimum absolute atomic E-state index is 0.179. The first kappa shape index (κ1) is 10.2. The lowest BCUT2D eigenvalue weighted by Crippen LogP contribution is -2.38. The van der Waals surface area contributed by atoms with Gasteiger partial charge < -0.3 is 5.32 Å². The summed E-state index contributed by atoms with van der Waals surface area (Å²) in [5, 5.41) is 3.01. The van der Waals surface area contributed by atoms with Gasteiger partial charge in [0.1, 0.15) is 0 Å². The largest absolute Gasteiger partial charge is 0.325 e. The van der Waals surface area contributed by atoms with E-state index in [1.165, 1.54) is 5.57 Å². The molecule has 0 aromatic heterocycles. The summed E-state index contributed by atoms with van der Waals surface area (Å²) in [7, 11) is 0. The van der Waals surface area contributed by atoms with Crippen LogP contribution in [0.5, 0.6) is 0 Å². The lowest BCUT2D eigenvalue weighted by atomic mass is 9.64. The fourth-order valence-corrected chi connectivity index (χ4v) is 2.44. The van der Waals surface area contributed by atoms with Crippen LogP contribution < -0.4 is 5.32 Å². The van der Waals surface area contributed by atoms with Crippen molar-refractivity contribution in [3.63, 3.8) is 0 Å². The summed E-state index contributed by atoms with van der Waals surface area (Å²) in [6.45, 7) is 7.79. The fourth-order valence-electron chi connectivity index (χ4n) is 2.44. The van der Waals surface area contributed by atoms with Gasteiger partial charge >= 0.3 is 0 Å². The molecule has 2 fully saturated rings. The molecule has 0 atom stereocenters. The third-order valence-electron chi connectivity index (χ3n) is 3.45. The summed E-state index contributed by atoms with van der Waals surface area (Å²) in [4.78, 5) is 12.0. The van der Waals surface area contributed by atoms with Gasteiger partial charge in [-0.25, -0.2) is 0 Å². The molecule has 2 heteroatoms. The van der Waals surface area contributed by atoms with Crippen LogP contribution in [0.1, 0.15) is 33.1 Å². The van der Waals surface area contributed by atoms with Crippen LogP contribution in [0.3, 0.4) is 0 Å². The molecule has 1 amide bonds. The quantitative estimate of drug-likeness (QED) is 0.697. The lowest BCUT2D eigenvalue weighted by molar-refractivity contribution is -0.129. The summed E-state index contributed by atoms with van der Waals surface area (Å²) in [5.41, 5.74) is 3.11. The van der Waals surface area contributed by atoms with E-state index in [1.54, 1.807) is 6.08 Å². The fraction of sp³-hybridized carbons (Fsp3) is 0.462. The SMILES string of the molecule is C=C/C=C1\C(=C(C)C)NC(=O)C12CCC2. The van der Waals surface area contributed by atoms with Crippen molar-refractivity contribution in [2.75, 3.05) is 0 Å². The Morgan fingerprint density at radius 3 is 2.53 bits per heavy atom. The molecule has 15 heavy (non-hydrogen) atoms. The van der Waals surface area contributed by atoms with Crippen LogP contribution in [0.2, 0.25) is 0 Å². The maximum absolute atomic E-state index is 12.0. The molecule has 1 spiro atoms. The van der Waals surface area contributed by atoms with Crippen molar-refractivity contribution in [3.8, 4) is 0 Å². The number of hydrogen-bond donors (Lipinski definition) is 1. The van der Waals surface area contributed by atoms with Gasteiger partial charge in [0, 0.05) is 5.70 Å². The van der Waals surface area contributed by atoms with Gasteiger partial charge in [0.25, 0.3) is 0 Å². The lowest BCUT2D eigenvalue weighted by Gasteiger charge is -2.36. The van der Waals surface area contributed by atoms with E-state index in [9.17, 15) is 4.79 Å². The topological polar surface area (TPSA) is 29.1 Å². The predicted octanol–water partition coefficient (Wildman–Crippen LogP) is 2.69. The van der Waals surface area contributed by atoms with Gasteiger partial charge in [0.2, 0.25) is 5.91 Å². The van der Waals surface area contributed by atoms with Gasteiger partial charge in [-0.15, -0.1) is 0 Å². The highest BCUT2D eigenvalue weighted by molar-refractivity contribution is 5.95. The van der Waals surface area contributed by atoms with Gasteiger partial charge in [-0.1, -0.05) is 30.7 Å². The van der Waals surface area contributed by atoms with E-state index < -0.39 is 0 Å². The van der Waals surface area contributed by atoms with E-state index in [2.05, 4.69) is 11.9 Å². The van der Waals surface area contributed by atoms with Crippen molar-refractivity contribution >= 4 is 5.91 Å². The van der Waals surface area contributed by atoms with Crippen LogP contribution in [0, 0.1) is 5.41 Å². The Bertz CT molecular complexity index is 379. The van der Waals surface area contributed by atoms with Crippen molar-refractivity contribution in [2.45, 2.75) is 33.1 Å². The molecule has 0 radical (unpaired) electrons. The van der Waals surface area contributed by atoms with Crippen molar-refractivity contribution < 1.29 is 4.79 Å². The molecule has 0 unspecified atom stereocenters. The van der Waals surface area contributed by atoms with Crippen LogP contribution in [0.15, 0.2) is 35.6 Å². The normalized spacial score (nSPS) is 25.3. The van der Waals surface area contributed by atoms with Gasteiger partial charge in [-0.3, -0.25) is 4.79 Å². The molecule has 2 aliphatic rings. The second-order valence-electron chi connectivity index (χ2n) is 4.58. The van der Waals surface area contributed by atoms with E-state index >= 15 is 0 Å². The smallest absolute Gasteiger partial charge is 0.235 e. The molecular formula is C13H17NO. The Kier molecular flexibility index (Phi) is 2.29. The Morgan fingerprint density at radius 2 is 2.13 bits per heavy atom. The second kappa shape index (κ2) is 3.37. The minimum atomic E-state index is -0.221. The van der Waals surface area contributed by atoms with Gasteiger partial charge in [0.15, 0.2) is 0 Å². The number of carbonyl (C=O) groups is 1. The third kappa shape index (κ3) is 1.28. The van der Waals surface area contributed by atoms with Crippen LogP contribution in [-0.2, 0) is 4.79 Å². The van der Waals surface area contributed by atoms with Gasteiger partial charge in [0.05, 0.1) is 5.41 Å². The highest BCUT2D eigenvalue weighted by atomic mass is 16.2. The zero-order valence-corrected chi connectivity index (χ0v) is 9.39. The summed E-state index contributed by atoms with van der Waals surface area (Å²) < 4.78 is 0. The monoisotopic (exact) mass is 203 g/mol. The molecule has 0 aromatic carbocycles. The summed E-state index contributed by atoms with van der Waals surface area (Å²) in [5.74, 6) is 0.179. The zero-order chi connectivity index (χ0) is 11.1. The molecule has 2 rings (SSSR count). The van der Waals surface area contributed by atoms with Crippen molar-refractivity contribution in [1.82, 2.24) is 5.32 Å². The van der Waals surface area contributed by atoms with E-state index in [0.29, 0.717) is 0 Å². The van der Waals surface area contributed by atoms with Crippen LogP contribution in [0.4, 0.5) is 0 Å². The number of allylic oxidation sites excluding steroid dienone is 4. The molecule has 2 nitrogen and oxygen atoms in total. The second-order valence-corrected chi connectivity index (χ2v) is 4.58. The van der Waals surface area contributed by atoms with Crippen molar-refractivity contribution in [3.05, 3.63) is 35.6 Å². The number of rotatable bonds is 1. The highest BCUT2D eigenvalue weighted by Gasteiger charge is 2.52. The average Bonchev–Trinajstić information content (AvgIpc) is 2.39. The first-order chi connectivity index (χ1) is 7.12. The predicted molar refractivity (Wildman–Crippen MR) is 61.1 cm³/mol. The molecule has 1 saturated heterocycles. The Hall–Kier alpha value is -1.31. The first-order valence-electron chi connectivity index (χ1n) is 5.44. The molecular weight excluding hydrogens is 186 g/mol. The van der Waals surface area contributed by atoms with Crippen LogP contribution in [0.25, 0.3) is 0 Å². The minimum Gasteiger partial charge on any atom is -0.325 e. The summed E-state index contributed by atoms with van der Waals surface area (Å²) in [6, 6.07) is 0. The highest BCUT2D eigenvalue weighted by Crippen LogP contribution is 2.53. The van der Waals surface area contributed by atoms with Gasteiger partial charge in [-0.05, 0) is 32.3 Å². The molecule has 1 heterocycles. The average molecular weight is 203 g/mol. The molecule has 80 valence electrons. The van der Waals surface area contributed by atoms with Gasteiger partial charge in [-0.2, -0.15) is 0 Å². The van der Waals surface area contributed by atoms with Crippen molar-refractivity contribution in [1.29, 1.82) is 0 Å². The molecule has 0 bridgehead atoms. The van der Waals surface area contributed by atoms with E-state index in [0.717, 1.165) is 30.5 Å². The summed E-state index contributed by atoms with van der Waals surface area (Å²) >= 11 is 0. The maximum atomic E-state index is 12.0. The number of amides is 1. The Morgan fingerprint density at radius 1 is 1.47 bits per heavy atom. The van der Waals surface area contributed by atoms with Crippen LogP contribution >= 0.6 is 0 Å². The Balaban J connectivity index is 2.51. The Labute approximate surface area is 90.7 Å². The standard InChI is InChI=1S/C13H17NO/c1-4-6-10-11(9(2)3)14-12(15)13(10)7-5-8-13/h4,6H,1,5,7-8H2,2-3H3,(H,14,15)/b10-6+. The number of hydrogen-bond acceptors (Lipinski definition) is 1. The zero-order valence-electron chi connectivity index (χ0n) is 9.39. The number of nitrogens with one attached hydrogen (secondary N) is 1. The molecule has 1 aliphatic heterocycles. The van der Waals surface area contributed by atoms with E-state index in [4.69, 9.17) is 0 Å². The molecule has 1 saturated carbocycles. The molecule has 1 aliphatic carbocycles. The summed E-state index contributed by atoms with van der Waals surface area (Å²) in [6.07, 6.45) is 6.88. The van der Waals surface area contributed by atoms with Crippen molar-refractivity contribution in [2.24, 2.45) is 5.41 Å². The molecule has 0 aromatic rings. The third-order valence-corrected chi connectivity index (χ3v) is 3.45. The maximum Gasteiger partial charge on any atom is 0.235 e. The van der Waals surface area contributed by atoms with Crippen LogP contribution in [-0.4, -0.2) is 5.91 Å². The van der Waals surface area contributed by atoms with E-state index in [-0.39, 0.29) is 11.3 Å². The first-order valence-corrected chi connectivity index (χ1v) is 5.44. The molecule has 1 N–H and O–H groups in total.